The molecule has 1 aromatic carbocycles. The third-order valence-corrected chi connectivity index (χ3v) is 4.28. The third-order valence-electron chi connectivity index (χ3n) is 3.27. The van der Waals surface area contributed by atoms with Crippen LogP contribution in [0.15, 0.2) is 41.1 Å². The molecular weight excluding hydrogens is 356 g/mol. The first kappa shape index (κ1) is 14.4. The molecule has 0 aliphatic carbocycles. The summed E-state index contributed by atoms with van der Waals surface area (Å²) in [4.78, 5) is 18.3. The average Bonchev–Trinajstić information content (AvgIpc) is 2.50. The first-order valence-electron chi connectivity index (χ1n) is 6.46. The largest absolute Gasteiger partial charge is 0.489 e. The quantitative estimate of drug-likeness (QED) is 0.816. The summed E-state index contributed by atoms with van der Waals surface area (Å²) in [5.41, 5.74) is 1.58. The second kappa shape index (κ2) is 6.03. The highest BCUT2D eigenvalue weighted by Gasteiger charge is 2.24. The van der Waals surface area contributed by atoms with Gasteiger partial charge >= 0.3 is 0 Å². The number of halogens is 2. The van der Waals surface area contributed by atoms with E-state index in [0.29, 0.717) is 29.6 Å². The Hall–Kier alpha value is -1.59. The van der Waals surface area contributed by atoms with Crippen LogP contribution in [0.25, 0.3) is 0 Å². The van der Waals surface area contributed by atoms with Crippen LogP contribution in [0.3, 0.4) is 0 Å². The lowest BCUT2D eigenvalue weighted by Crippen LogP contribution is -2.39. The van der Waals surface area contributed by atoms with E-state index in [1.54, 1.807) is 35.5 Å². The lowest BCUT2D eigenvalue weighted by molar-refractivity contribution is -0.118. The summed E-state index contributed by atoms with van der Waals surface area (Å²) < 4.78 is 6.41. The predicted octanol–water partition coefficient (Wildman–Crippen LogP) is 3.47. The molecule has 1 aromatic heterocycles. The van der Waals surface area contributed by atoms with Gasteiger partial charge in [0, 0.05) is 21.8 Å². The minimum Gasteiger partial charge on any atom is -0.489 e. The molecule has 0 radical (unpaired) electrons. The molecule has 0 unspecified atom stereocenters. The van der Waals surface area contributed by atoms with E-state index in [4.69, 9.17) is 16.3 Å². The Morgan fingerprint density at radius 3 is 3.14 bits per heavy atom. The molecule has 0 bridgehead atoms. The predicted molar refractivity (Wildman–Crippen MR) is 84.9 cm³/mol. The summed E-state index contributed by atoms with van der Waals surface area (Å²) in [5, 5.41) is 0.616. The van der Waals surface area contributed by atoms with Crippen molar-refractivity contribution in [3.05, 3.63) is 51.7 Å². The molecule has 0 N–H and O–H groups in total. The fraction of sp³-hybridized carbons (Fsp3) is 0.200. The topological polar surface area (TPSA) is 42.4 Å². The summed E-state index contributed by atoms with van der Waals surface area (Å²) in [6.45, 7) is 1.01. The summed E-state index contributed by atoms with van der Waals surface area (Å²) in [6, 6.07) is 7.20. The lowest BCUT2D eigenvalue weighted by atomic mass is 10.1. The van der Waals surface area contributed by atoms with Crippen LogP contribution in [0.4, 0.5) is 5.69 Å². The van der Waals surface area contributed by atoms with E-state index in [1.165, 1.54) is 0 Å². The van der Waals surface area contributed by atoms with Gasteiger partial charge in [-0.25, -0.2) is 0 Å². The number of benzene rings is 1. The van der Waals surface area contributed by atoms with Gasteiger partial charge in [-0.1, -0.05) is 27.5 Å². The van der Waals surface area contributed by atoms with Crippen molar-refractivity contribution >= 4 is 39.1 Å². The van der Waals surface area contributed by atoms with E-state index in [9.17, 15) is 4.79 Å². The molecule has 0 spiro atoms. The van der Waals surface area contributed by atoms with Crippen molar-refractivity contribution in [1.82, 2.24) is 4.98 Å². The summed E-state index contributed by atoms with van der Waals surface area (Å²) in [6.07, 6.45) is 3.58. The van der Waals surface area contributed by atoms with E-state index >= 15 is 0 Å². The number of fused-ring (bicyclic) bond motifs is 1. The lowest BCUT2D eigenvalue weighted by Gasteiger charge is -2.29. The number of anilines is 1. The molecule has 3 rings (SSSR count). The number of nitrogens with zero attached hydrogens (tertiary/aromatic N) is 2. The maximum Gasteiger partial charge on any atom is 0.231 e. The van der Waals surface area contributed by atoms with Crippen LogP contribution in [0, 0.1) is 0 Å². The Balaban J connectivity index is 1.85. The molecule has 0 atom stereocenters. The molecular formula is C15H12BrClN2O2. The highest BCUT2D eigenvalue weighted by molar-refractivity contribution is 9.10. The number of pyridine rings is 1. The van der Waals surface area contributed by atoms with Crippen molar-refractivity contribution in [2.75, 3.05) is 18.1 Å². The van der Waals surface area contributed by atoms with Crippen molar-refractivity contribution in [3.63, 3.8) is 0 Å². The number of aromatic nitrogens is 1. The summed E-state index contributed by atoms with van der Waals surface area (Å²) in [7, 11) is 0. The molecule has 0 saturated carbocycles. The van der Waals surface area contributed by atoms with E-state index in [1.807, 2.05) is 6.07 Å². The molecule has 108 valence electrons. The monoisotopic (exact) mass is 366 g/mol. The summed E-state index contributed by atoms with van der Waals surface area (Å²) in [5.74, 6) is 0.685. The van der Waals surface area contributed by atoms with Gasteiger partial charge in [0.05, 0.1) is 19.2 Å². The van der Waals surface area contributed by atoms with E-state index in [2.05, 4.69) is 20.9 Å². The zero-order valence-corrected chi connectivity index (χ0v) is 13.4. The Morgan fingerprint density at radius 2 is 2.29 bits per heavy atom. The summed E-state index contributed by atoms with van der Waals surface area (Å²) >= 11 is 9.44. The minimum atomic E-state index is -0.00415. The highest BCUT2D eigenvalue weighted by Crippen LogP contribution is 2.31. The molecule has 2 heterocycles. The van der Waals surface area contributed by atoms with Gasteiger partial charge in [-0.05, 0) is 23.8 Å². The van der Waals surface area contributed by atoms with Crippen LogP contribution in [0.5, 0.6) is 5.75 Å². The number of carbonyl (C=O) groups excluding carboxylic acids is 1. The van der Waals surface area contributed by atoms with Gasteiger partial charge in [0.15, 0.2) is 0 Å². The number of hydrogen-bond acceptors (Lipinski definition) is 3. The van der Waals surface area contributed by atoms with Gasteiger partial charge in [0.2, 0.25) is 5.91 Å². The number of ether oxygens (including phenoxy) is 1. The van der Waals surface area contributed by atoms with Crippen LogP contribution in [0.2, 0.25) is 5.02 Å². The van der Waals surface area contributed by atoms with Gasteiger partial charge in [-0.3, -0.25) is 9.78 Å². The first-order valence-corrected chi connectivity index (χ1v) is 7.63. The molecule has 6 heteroatoms. The van der Waals surface area contributed by atoms with Crippen molar-refractivity contribution in [1.29, 1.82) is 0 Å². The standard InChI is InChI=1S/C15H12BrClN2O2/c16-12-2-1-11(17)7-10(12)8-15(20)19-5-6-21-14-3-4-18-9-13(14)19/h1-4,7,9H,5-6,8H2. The van der Waals surface area contributed by atoms with Crippen LogP contribution in [-0.2, 0) is 11.2 Å². The average molecular weight is 368 g/mol. The van der Waals surface area contributed by atoms with Crippen LogP contribution in [-0.4, -0.2) is 24.0 Å². The minimum absolute atomic E-state index is 0.00415. The normalized spacial score (nSPS) is 13.5. The smallest absolute Gasteiger partial charge is 0.231 e. The van der Waals surface area contributed by atoms with E-state index in [0.717, 1.165) is 10.0 Å². The van der Waals surface area contributed by atoms with Gasteiger partial charge in [0.1, 0.15) is 18.0 Å². The first-order chi connectivity index (χ1) is 10.1. The fourth-order valence-corrected chi connectivity index (χ4v) is 2.84. The van der Waals surface area contributed by atoms with Crippen LogP contribution >= 0.6 is 27.5 Å². The molecule has 2 aromatic rings. The SMILES string of the molecule is O=C(Cc1cc(Cl)ccc1Br)N1CCOc2ccncc21. The van der Waals surface area contributed by atoms with Gasteiger partial charge in [-0.15, -0.1) is 0 Å². The van der Waals surface area contributed by atoms with Crippen molar-refractivity contribution in [2.24, 2.45) is 0 Å². The Labute approximate surface area is 135 Å². The van der Waals surface area contributed by atoms with Gasteiger partial charge in [0.25, 0.3) is 0 Å². The Kier molecular flexibility index (Phi) is 4.12. The van der Waals surface area contributed by atoms with Crippen molar-refractivity contribution in [2.45, 2.75) is 6.42 Å². The fourth-order valence-electron chi connectivity index (χ4n) is 2.26. The highest BCUT2D eigenvalue weighted by atomic mass is 79.9. The Morgan fingerprint density at radius 1 is 1.43 bits per heavy atom. The van der Waals surface area contributed by atoms with Gasteiger partial charge in [-0.2, -0.15) is 0 Å². The maximum atomic E-state index is 12.6. The van der Waals surface area contributed by atoms with E-state index in [-0.39, 0.29) is 12.3 Å². The maximum absolute atomic E-state index is 12.6. The molecule has 1 amide bonds. The number of hydrogen-bond donors (Lipinski definition) is 0. The molecule has 21 heavy (non-hydrogen) atoms. The van der Waals surface area contributed by atoms with Crippen LogP contribution < -0.4 is 9.64 Å². The molecule has 0 saturated heterocycles. The molecule has 1 aliphatic heterocycles. The van der Waals surface area contributed by atoms with Crippen LogP contribution in [0.1, 0.15) is 5.56 Å². The third kappa shape index (κ3) is 3.04. The molecule has 0 fully saturated rings. The van der Waals surface area contributed by atoms with Crippen molar-refractivity contribution < 1.29 is 9.53 Å². The number of amides is 1. The Bertz CT molecular complexity index is 693. The second-order valence-electron chi connectivity index (χ2n) is 4.65. The molecule has 4 nitrogen and oxygen atoms in total. The zero-order valence-electron chi connectivity index (χ0n) is 11.1. The molecule has 1 aliphatic rings. The zero-order chi connectivity index (χ0) is 14.8. The number of rotatable bonds is 2. The number of carbonyl (C=O) groups is 1. The van der Waals surface area contributed by atoms with E-state index < -0.39 is 0 Å². The van der Waals surface area contributed by atoms with Crippen molar-refractivity contribution in [3.8, 4) is 5.75 Å². The second-order valence-corrected chi connectivity index (χ2v) is 5.94. The van der Waals surface area contributed by atoms with Gasteiger partial charge < -0.3 is 9.64 Å².